The highest BCUT2D eigenvalue weighted by molar-refractivity contribution is 5.99. The van der Waals surface area contributed by atoms with Crippen molar-refractivity contribution >= 4 is 11.6 Å². The summed E-state index contributed by atoms with van der Waals surface area (Å²) in [6, 6.07) is 5.60. The Morgan fingerprint density at radius 1 is 1.50 bits per heavy atom. The maximum absolute atomic E-state index is 12.1. The van der Waals surface area contributed by atoms with Gasteiger partial charge in [-0.2, -0.15) is 0 Å². The van der Waals surface area contributed by atoms with Crippen LogP contribution in [0.1, 0.15) is 28.8 Å². The second-order valence-corrected chi connectivity index (χ2v) is 4.67. The smallest absolute Gasteiger partial charge is 0.255 e. The summed E-state index contributed by atoms with van der Waals surface area (Å²) >= 11 is 0. The molecule has 1 amide bonds. The molecule has 3 heteroatoms. The molecule has 1 aliphatic rings. The van der Waals surface area contributed by atoms with Crippen molar-refractivity contribution in [2.24, 2.45) is 5.92 Å². The van der Waals surface area contributed by atoms with Gasteiger partial charge in [0.2, 0.25) is 0 Å². The number of aryl methyl sites for hydroxylation is 1. The molecule has 16 heavy (non-hydrogen) atoms. The SMILES string of the molecule is Cc1cccc(C(=O)N(C)CC2CC2)c1N. The second kappa shape index (κ2) is 4.16. The summed E-state index contributed by atoms with van der Waals surface area (Å²) in [6.07, 6.45) is 2.50. The highest BCUT2D eigenvalue weighted by Gasteiger charge is 2.25. The first-order chi connectivity index (χ1) is 7.59. The predicted octanol–water partition coefficient (Wildman–Crippen LogP) is 2.06. The van der Waals surface area contributed by atoms with E-state index in [0.717, 1.165) is 12.1 Å². The summed E-state index contributed by atoms with van der Waals surface area (Å²) < 4.78 is 0. The fourth-order valence-corrected chi connectivity index (χ4v) is 1.84. The maximum atomic E-state index is 12.1. The molecular weight excluding hydrogens is 200 g/mol. The average molecular weight is 218 g/mol. The zero-order valence-electron chi connectivity index (χ0n) is 9.86. The van der Waals surface area contributed by atoms with Crippen LogP contribution in [0.3, 0.4) is 0 Å². The Hall–Kier alpha value is -1.51. The Kier molecular flexibility index (Phi) is 2.86. The van der Waals surface area contributed by atoms with E-state index in [1.165, 1.54) is 12.8 Å². The van der Waals surface area contributed by atoms with Crippen LogP contribution in [0.2, 0.25) is 0 Å². The van der Waals surface area contributed by atoms with Crippen molar-refractivity contribution in [1.29, 1.82) is 0 Å². The van der Waals surface area contributed by atoms with E-state index in [1.54, 1.807) is 11.0 Å². The molecule has 0 spiro atoms. The van der Waals surface area contributed by atoms with Crippen molar-refractivity contribution in [2.75, 3.05) is 19.3 Å². The van der Waals surface area contributed by atoms with Gasteiger partial charge >= 0.3 is 0 Å². The molecule has 1 aromatic rings. The molecule has 3 nitrogen and oxygen atoms in total. The lowest BCUT2D eigenvalue weighted by atomic mass is 10.1. The van der Waals surface area contributed by atoms with Crippen LogP contribution in [0.4, 0.5) is 5.69 Å². The first-order valence-corrected chi connectivity index (χ1v) is 5.70. The van der Waals surface area contributed by atoms with Crippen LogP contribution in [-0.4, -0.2) is 24.4 Å². The Labute approximate surface area is 96.2 Å². The largest absolute Gasteiger partial charge is 0.398 e. The number of benzene rings is 1. The van der Waals surface area contributed by atoms with E-state index in [1.807, 2.05) is 26.1 Å². The monoisotopic (exact) mass is 218 g/mol. The number of anilines is 1. The van der Waals surface area contributed by atoms with Crippen LogP contribution in [-0.2, 0) is 0 Å². The molecule has 0 heterocycles. The van der Waals surface area contributed by atoms with E-state index < -0.39 is 0 Å². The first kappa shape index (κ1) is 11.0. The van der Waals surface area contributed by atoms with Gasteiger partial charge < -0.3 is 10.6 Å². The maximum Gasteiger partial charge on any atom is 0.255 e. The number of nitrogens with zero attached hydrogens (tertiary/aromatic N) is 1. The van der Waals surface area contributed by atoms with Gasteiger partial charge in [-0.1, -0.05) is 12.1 Å². The van der Waals surface area contributed by atoms with E-state index >= 15 is 0 Å². The minimum Gasteiger partial charge on any atom is -0.398 e. The van der Waals surface area contributed by atoms with Crippen molar-refractivity contribution in [1.82, 2.24) is 4.90 Å². The third-order valence-electron chi connectivity index (χ3n) is 3.13. The number of nitrogens with two attached hydrogens (primary N) is 1. The third-order valence-corrected chi connectivity index (χ3v) is 3.13. The van der Waals surface area contributed by atoms with Gasteiger partial charge in [0, 0.05) is 19.3 Å². The number of amides is 1. The molecule has 2 N–H and O–H groups in total. The summed E-state index contributed by atoms with van der Waals surface area (Å²) in [6.45, 7) is 2.78. The van der Waals surface area contributed by atoms with Crippen LogP contribution in [0, 0.1) is 12.8 Å². The average Bonchev–Trinajstić information content (AvgIpc) is 3.05. The lowest BCUT2D eigenvalue weighted by molar-refractivity contribution is 0.0789. The van der Waals surface area contributed by atoms with E-state index in [-0.39, 0.29) is 5.91 Å². The van der Waals surface area contributed by atoms with E-state index in [4.69, 9.17) is 5.73 Å². The van der Waals surface area contributed by atoms with Crippen molar-refractivity contribution < 1.29 is 4.79 Å². The molecule has 1 aromatic carbocycles. The summed E-state index contributed by atoms with van der Waals surface area (Å²) in [4.78, 5) is 13.9. The molecule has 0 atom stereocenters. The number of hydrogen-bond acceptors (Lipinski definition) is 2. The van der Waals surface area contributed by atoms with Crippen LogP contribution in [0.15, 0.2) is 18.2 Å². The minimum absolute atomic E-state index is 0.0353. The van der Waals surface area contributed by atoms with E-state index in [9.17, 15) is 4.79 Å². The number of hydrogen-bond donors (Lipinski definition) is 1. The third kappa shape index (κ3) is 2.18. The standard InChI is InChI=1S/C13H18N2O/c1-9-4-3-5-11(12(9)14)13(16)15(2)8-10-6-7-10/h3-5,10H,6-8,14H2,1-2H3. The molecule has 0 unspecified atom stereocenters. The fourth-order valence-electron chi connectivity index (χ4n) is 1.84. The topological polar surface area (TPSA) is 46.3 Å². The van der Waals surface area contributed by atoms with Crippen molar-refractivity contribution in [3.8, 4) is 0 Å². The van der Waals surface area contributed by atoms with Gasteiger partial charge in [-0.3, -0.25) is 4.79 Å². The second-order valence-electron chi connectivity index (χ2n) is 4.67. The minimum atomic E-state index is 0.0353. The van der Waals surface area contributed by atoms with Crippen LogP contribution < -0.4 is 5.73 Å². The van der Waals surface area contributed by atoms with Crippen molar-refractivity contribution in [3.05, 3.63) is 29.3 Å². The number of para-hydroxylation sites is 1. The van der Waals surface area contributed by atoms with Gasteiger partial charge in [-0.25, -0.2) is 0 Å². The van der Waals surface area contributed by atoms with E-state index in [0.29, 0.717) is 17.2 Å². The quantitative estimate of drug-likeness (QED) is 0.789. The van der Waals surface area contributed by atoms with Crippen LogP contribution in [0.5, 0.6) is 0 Å². The zero-order chi connectivity index (χ0) is 11.7. The highest BCUT2D eigenvalue weighted by Crippen LogP contribution is 2.30. The fraction of sp³-hybridized carbons (Fsp3) is 0.462. The molecule has 2 rings (SSSR count). The van der Waals surface area contributed by atoms with Gasteiger partial charge in [-0.05, 0) is 37.3 Å². The summed E-state index contributed by atoms with van der Waals surface area (Å²) in [5.41, 5.74) is 8.12. The van der Waals surface area contributed by atoms with Crippen LogP contribution >= 0.6 is 0 Å². The highest BCUT2D eigenvalue weighted by atomic mass is 16.2. The Morgan fingerprint density at radius 2 is 2.19 bits per heavy atom. The number of nitrogen functional groups attached to an aromatic ring is 1. The van der Waals surface area contributed by atoms with Gasteiger partial charge in [0.1, 0.15) is 0 Å². The molecule has 1 aliphatic carbocycles. The van der Waals surface area contributed by atoms with Crippen molar-refractivity contribution in [3.63, 3.8) is 0 Å². The van der Waals surface area contributed by atoms with Gasteiger partial charge in [-0.15, -0.1) is 0 Å². The molecule has 0 saturated heterocycles. The van der Waals surface area contributed by atoms with Gasteiger partial charge in [0.15, 0.2) is 0 Å². The molecule has 0 bridgehead atoms. The van der Waals surface area contributed by atoms with Gasteiger partial charge in [0.05, 0.1) is 5.56 Å². The molecule has 1 saturated carbocycles. The Morgan fingerprint density at radius 3 is 2.81 bits per heavy atom. The van der Waals surface area contributed by atoms with E-state index in [2.05, 4.69) is 0 Å². The molecule has 86 valence electrons. The zero-order valence-corrected chi connectivity index (χ0v) is 9.86. The molecule has 0 radical (unpaired) electrons. The summed E-state index contributed by atoms with van der Waals surface area (Å²) in [5, 5.41) is 0. The Bertz CT molecular complexity index is 410. The predicted molar refractivity (Wildman–Crippen MR) is 65.3 cm³/mol. The molecule has 0 aliphatic heterocycles. The van der Waals surface area contributed by atoms with Gasteiger partial charge in [0.25, 0.3) is 5.91 Å². The molecule has 0 aromatic heterocycles. The van der Waals surface area contributed by atoms with Crippen LogP contribution in [0.25, 0.3) is 0 Å². The number of rotatable bonds is 3. The Balaban J connectivity index is 2.15. The normalized spacial score (nSPS) is 14.9. The molecular formula is C13H18N2O. The summed E-state index contributed by atoms with van der Waals surface area (Å²) in [7, 11) is 1.85. The first-order valence-electron chi connectivity index (χ1n) is 5.70. The van der Waals surface area contributed by atoms with Crippen molar-refractivity contribution in [2.45, 2.75) is 19.8 Å². The number of carbonyl (C=O) groups is 1. The summed E-state index contributed by atoms with van der Waals surface area (Å²) in [5.74, 6) is 0.744. The lowest BCUT2D eigenvalue weighted by Crippen LogP contribution is -2.29. The number of carbonyl (C=O) groups excluding carboxylic acids is 1. The molecule has 1 fully saturated rings. The lowest BCUT2D eigenvalue weighted by Gasteiger charge is -2.18.